The molecule has 0 N–H and O–H groups in total. The van der Waals surface area contributed by atoms with Gasteiger partial charge >= 0.3 is 118 Å². The fourth-order valence-corrected chi connectivity index (χ4v) is 5.31. The standard InChI is InChI=1S/2C8H17.ClH.Ga/c2*1-3-5-7-8-6-4-2;;/h2*1,3-8H2,2H3;1H;/q;;;+1/p-1. The zero-order valence-corrected chi connectivity index (χ0v) is 16.0. The first kappa shape index (κ1) is 21.2. The van der Waals surface area contributed by atoms with Crippen LogP contribution in [0.5, 0.6) is 0 Å². The molecule has 0 rings (SSSR count). The Labute approximate surface area is 130 Å². The smallest absolute Gasteiger partial charge is 1.00 e. The molecule has 0 saturated heterocycles. The summed E-state index contributed by atoms with van der Waals surface area (Å²) in [6, 6.07) is 0. The van der Waals surface area contributed by atoms with Crippen LogP contribution in [0.4, 0.5) is 0 Å². The molecular formula is C16H34ClGa. The maximum atomic E-state index is 2.30. The zero-order chi connectivity index (χ0) is 12.6. The van der Waals surface area contributed by atoms with E-state index in [-0.39, 0.29) is 29.8 Å². The maximum Gasteiger partial charge on any atom is -1.00 e. The fourth-order valence-electron chi connectivity index (χ4n) is 2.28. The summed E-state index contributed by atoms with van der Waals surface area (Å²) in [6.45, 7) is 4.60. The van der Waals surface area contributed by atoms with Crippen molar-refractivity contribution in [3.8, 4) is 0 Å². The van der Waals surface area contributed by atoms with Gasteiger partial charge in [-0.2, -0.15) is 0 Å². The Morgan fingerprint density at radius 1 is 0.500 bits per heavy atom. The van der Waals surface area contributed by atoms with Gasteiger partial charge in [-0.05, 0) is 0 Å². The van der Waals surface area contributed by atoms with Crippen LogP contribution in [0.25, 0.3) is 0 Å². The Morgan fingerprint density at radius 2 is 0.833 bits per heavy atom. The average Bonchev–Trinajstić information content (AvgIpc) is 2.35. The number of halogens is 1. The first-order valence-corrected chi connectivity index (χ1v) is 11.7. The third-order valence-corrected chi connectivity index (χ3v) is 6.95. The van der Waals surface area contributed by atoms with Crippen molar-refractivity contribution in [1.29, 1.82) is 0 Å². The van der Waals surface area contributed by atoms with Crippen LogP contribution in [0.1, 0.15) is 90.9 Å². The van der Waals surface area contributed by atoms with Crippen molar-refractivity contribution in [2.75, 3.05) is 0 Å². The minimum absolute atomic E-state index is 0. The predicted octanol–water partition coefficient (Wildman–Crippen LogP) is 3.25. The van der Waals surface area contributed by atoms with Gasteiger partial charge in [-0.3, -0.25) is 0 Å². The van der Waals surface area contributed by atoms with E-state index >= 15 is 0 Å². The summed E-state index contributed by atoms with van der Waals surface area (Å²) in [6.07, 6.45) is 17.8. The molecule has 0 atom stereocenters. The maximum absolute atomic E-state index is 2.30. The number of rotatable bonds is 14. The molecule has 0 aliphatic heterocycles. The molecule has 0 bridgehead atoms. The van der Waals surface area contributed by atoms with Crippen LogP contribution in [-0.2, 0) is 0 Å². The van der Waals surface area contributed by atoms with Crippen LogP contribution in [0.15, 0.2) is 0 Å². The molecule has 0 amide bonds. The molecule has 0 spiro atoms. The normalized spacial score (nSPS) is 9.89. The van der Waals surface area contributed by atoms with E-state index in [1.165, 1.54) is 64.2 Å². The van der Waals surface area contributed by atoms with E-state index in [1.54, 1.807) is 22.8 Å². The summed E-state index contributed by atoms with van der Waals surface area (Å²) in [5.41, 5.74) is 0. The minimum atomic E-state index is 0. The molecule has 0 aromatic rings. The topological polar surface area (TPSA) is 0 Å². The van der Waals surface area contributed by atoms with Crippen LogP contribution in [0, 0.1) is 0 Å². The number of hydrogen-bond acceptors (Lipinski definition) is 0. The Balaban J connectivity index is 0. The van der Waals surface area contributed by atoms with Crippen LogP contribution >= 0.6 is 0 Å². The Morgan fingerprint density at radius 3 is 1.22 bits per heavy atom. The second-order valence-corrected chi connectivity index (χ2v) is 9.04. The van der Waals surface area contributed by atoms with Crippen LogP contribution < -0.4 is 12.4 Å². The quantitative estimate of drug-likeness (QED) is 0.338. The van der Waals surface area contributed by atoms with Gasteiger partial charge in [-0.15, -0.1) is 0 Å². The molecule has 0 radical (unpaired) electrons. The van der Waals surface area contributed by atoms with Gasteiger partial charge in [0.1, 0.15) is 0 Å². The molecule has 0 unspecified atom stereocenters. The fraction of sp³-hybridized carbons (Fsp3) is 1.00. The van der Waals surface area contributed by atoms with Crippen LogP contribution in [0.2, 0.25) is 9.95 Å². The molecule has 108 valence electrons. The van der Waals surface area contributed by atoms with E-state index in [4.69, 9.17) is 0 Å². The molecule has 0 aliphatic carbocycles. The van der Waals surface area contributed by atoms with Gasteiger partial charge in [0.15, 0.2) is 0 Å². The number of unbranched alkanes of at least 4 members (excludes halogenated alkanes) is 10. The van der Waals surface area contributed by atoms with Gasteiger partial charge in [-0.25, -0.2) is 0 Å². The molecule has 0 saturated carbocycles. The molecule has 0 aromatic carbocycles. The van der Waals surface area contributed by atoms with E-state index in [0.29, 0.717) is 0 Å². The summed E-state index contributed by atoms with van der Waals surface area (Å²) in [4.78, 5) is 3.29. The summed E-state index contributed by atoms with van der Waals surface area (Å²) in [7, 11) is 0. The van der Waals surface area contributed by atoms with Crippen molar-refractivity contribution in [3.05, 3.63) is 0 Å². The molecule has 18 heavy (non-hydrogen) atoms. The van der Waals surface area contributed by atoms with Crippen molar-refractivity contribution < 1.29 is 12.4 Å². The molecule has 2 heteroatoms. The molecular weight excluding hydrogens is 297 g/mol. The zero-order valence-electron chi connectivity index (χ0n) is 12.9. The Hall–Kier alpha value is 0.926. The van der Waals surface area contributed by atoms with Crippen molar-refractivity contribution in [2.45, 2.75) is 101 Å². The monoisotopic (exact) mass is 330 g/mol. The summed E-state index contributed by atoms with van der Waals surface area (Å²) >= 11 is 0.188. The van der Waals surface area contributed by atoms with Gasteiger partial charge < -0.3 is 12.4 Å². The first-order valence-electron chi connectivity index (χ1n) is 8.23. The van der Waals surface area contributed by atoms with Crippen molar-refractivity contribution >= 4 is 17.4 Å². The summed E-state index contributed by atoms with van der Waals surface area (Å²) in [5, 5.41) is 0. The second-order valence-electron chi connectivity index (χ2n) is 5.40. The van der Waals surface area contributed by atoms with Gasteiger partial charge in [0.05, 0.1) is 0 Å². The molecule has 0 heterocycles. The van der Waals surface area contributed by atoms with Crippen LogP contribution in [-0.4, -0.2) is 17.4 Å². The Bertz CT molecular complexity index is 114. The predicted molar refractivity (Wildman–Crippen MR) is 82.1 cm³/mol. The second kappa shape index (κ2) is 20.2. The first-order chi connectivity index (χ1) is 8.41. The van der Waals surface area contributed by atoms with Gasteiger partial charge in [-0.1, -0.05) is 0 Å². The molecule has 0 fully saturated rings. The largest absolute Gasteiger partial charge is 1.00 e. The third kappa shape index (κ3) is 19.3. The number of hydrogen-bond donors (Lipinski definition) is 0. The summed E-state index contributed by atoms with van der Waals surface area (Å²) < 4.78 is 0. The van der Waals surface area contributed by atoms with E-state index < -0.39 is 0 Å². The molecule has 0 aromatic heterocycles. The van der Waals surface area contributed by atoms with E-state index in [0.717, 1.165) is 0 Å². The van der Waals surface area contributed by atoms with Crippen molar-refractivity contribution in [3.63, 3.8) is 0 Å². The van der Waals surface area contributed by atoms with E-state index in [2.05, 4.69) is 13.8 Å². The third-order valence-electron chi connectivity index (χ3n) is 3.52. The molecule has 0 aliphatic rings. The van der Waals surface area contributed by atoms with Crippen molar-refractivity contribution in [2.24, 2.45) is 0 Å². The van der Waals surface area contributed by atoms with Crippen molar-refractivity contribution in [1.82, 2.24) is 0 Å². The Kier molecular flexibility index (Phi) is 23.9. The van der Waals surface area contributed by atoms with Crippen LogP contribution in [0.3, 0.4) is 0 Å². The average molecular weight is 332 g/mol. The van der Waals surface area contributed by atoms with Gasteiger partial charge in [0.2, 0.25) is 0 Å². The summed E-state index contributed by atoms with van der Waals surface area (Å²) in [5.74, 6) is 0. The molecule has 0 nitrogen and oxygen atoms in total. The SMILES string of the molecule is CCCCCCC[CH2][Ga+][CH2]CCCCCCC.[Cl-]. The van der Waals surface area contributed by atoms with E-state index in [1.807, 2.05) is 0 Å². The van der Waals surface area contributed by atoms with E-state index in [9.17, 15) is 0 Å². The van der Waals surface area contributed by atoms with Gasteiger partial charge in [0.25, 0.3) is 0 Å². The minimum Gasteiger partial charge on any atom is -1.00 e. The van der Waals surface area contributed by atoms with Gasteiger partial charge in [0, 0.05) is 0 Å².